The van der Waals surface area contributed by atoms with Gasteiger partial charge in [0.05, 0.1) is 0 Å². The van der Waals surface area contributed by atoms with Crippen molar-refractivity contribution >= 4 is 34.5 Å². The molecule has 1 unspecified atom stereocenters. The van der Waals surface area contributed by atoms with E-state index >= 15 is 0 Å². The Bertz CT molecular complexity index is 449. The summed E-state index contributed by atoms with van der Waals surface area (Å²) >= 11 is 6.66. The van der Waals surface area contributed by atoms with Crippen molar-refractivity contribution in [3.63, 3.8) is 0 Å². The van der Waals surface area contributed by atoms with Crippen molar-refractivity contribution in [2.45, 2.75) is 61.8 Å². The van der Waals surface area contributed by atoms with E-state index in [1.54, 1.807) is 11.8 Å². The summed E-state index contributed by atoms with van der Waals surface area (Å²) in [7, 11) is 3.93. The molecule has 0 spiro atoms. The van der Waals surface area contributed by atoms with Crippen molar-refractivity contribution in [2.24, 2.45) is 16.7 Å². The van der Waals surface area contributed by atoms with Crippen molar-refractivity contribution < 1.29 is 0 Å². The number of hydrogen-bond acceptors (Lipinski definition) is 3. The zero-order valence-corrected chi connectivity index (χ0v) is 19.7. The number of nitrogens with zero attached hydrogens (tertiary/aromatic N) is 1. The van der Waals surface area contributed by atoms with Crippen LogP contribution < -0.4 is 0 Å². The highest BCUT2D eigenvalue weighted by Gasteiger charge is 2.30. The minimum absolute atomic E-state index is 0.224. The first-order valence-corrected chi connectivity index (χ1v) is 10.4. The molecule has 0 aromatic heterocycles. The lowest BCUT2D eigenvalue weighted by molar-refractivity contribution is 0.199. The van der Waals surface area contributed by atoms with E-state index in [0.717, 1.165) is 16.5 Å². The fraction of sp³-hybridized carbons (Fsp3) is 0.714. The molecule has 0 saturated heterocycles. The van der Waals surface area contributed by atoms with Crippen LogP contribution in [0.25, 0.3) is 0 Å². The molecule has 0 rings (SSSR count). The van der Waals surface area contributed by atoms with Gasteiger partial charge in [-0.2, -0.15) is 0 Å². The molecule has 146 valence electrons. The lowest BCUT2D eigenvalue weighted by atomic mass is 9.68. The van der Waals surface area contributed by atoms with Crippen molar-refractivity contribution in [3.8, 4) is 0 Å². The van der Waals surface area contributed by atoms with Gasteiger partial charge in [-0.05, 0) is 47.5 Å². The maximum Gasteiger partial charge on any atom is 0.135 e. The van der Waals surface area contributed by atoms with Crippen LogP contribution in [0, 0.1) is 22.2 Å². The maximum absolute atomic E-state index is 7.31. The van der Waals surface area contributed by atoms with Gasteiger partial charge in [-0.25, -0.2) is 0 Å². The standard InChI is InChI=1S/C16H29N.C5H11NS2/c1-8-9-13(10-11-17)14(16(5,6)7)12-15(2,3)4;1-4-8-5(7)6(2)3/h8-11,14,17H,12H2,1-7H3;4H2,1-3H3/b9-8-,13-10+,17-11?;. The van der Waals surface area contributed by atoms with Gasteiger partial charge in [0, 0.05) is 20.3 Å². The lowest BCUT2D eigenvalue weighted by Crippen LogP contribution is -2.27. The van der Waals surface area contributed by atoms with Crippen molar-refractivity contribution in [1.29, 1.82) is 5.41 Å². The average molecular weight is 385 g/mol. The summed E-state index contributed by atoms with van der Waals surface area (Å²) < 4.78 is 0.965. The van der Waals surface area contributed by atoms with E-state index in [1.807, 2.05) is 32.0 Å². The zero-order valence-electron chi connectivity index (χ0n) is 18.1. The summed E-state index contributed by atoms with van der Waals surface area (Å²) in [6.07, 6.45) is 8.68. The third-order valence-corrected chi connectivity index (χ3v) is 5.15. The molecule has 0 bridgehead atoms. The molecular formula is C21H40N2S2. The molecule has 1 N–H and O–H groups in total. The van der Waals surface area contributed by atoms with Crippen LogP contribution in [-0.4, -0.2) is 35.3 Å². The average Bonchev–Trinajstić information content (AvgIpc) is 2.43. The Labute approximate surface area is 167 Å². The SMILES string of the molecule is C/C=C\C(=C/C=N)C(CC(C)(C)C)C(C)(C)C.CCSC(=S)N(C)C. The molecule has 0 aliphatic carbocycles. The predicted octanol–water partition coefficient (Wildman–Crippen LogP) is 6.82. The molecule has 0 aromatic carbocycles. The molecule has 0 aliphatic heterocycles. The quantitative estimate of drug-likeness (QED) is 0.320. The third-order valence-electron chi connectivity index (χ3n) is 3.53. The zero-order chi connectivity index (χ0) is 20.3. The highest BCUT2D eigenvalue weighted by atomic mass is 32.2. The molecule has 0 radical (unpaired) electrons. The van der Waals surface area contributed by atoms with E-state index in [-0.39, 0.29) is 5.41 Å². The lowest BCUT2D eigenvalue weighted by Gasteiger charge is -2.36. The Hall–Kier alpha value is -0.610. The molecular weight excluding hydrogens is 344 g/mol. The summed E-state index contributed by atoms with van der Waals surface area (Å²) in [4.78, 5) is 1.95. The van der Waals surface area contributed by atoms with E-state index in [2.05, 4.69) is 60.6 Å². The van der Waals surface area contributed by atoms with Crippen LogP contribution in [0.5, 0.6) is 0 Å². The molecule has 2 nitrogen and oxygen atoms in total. The van der Waals surface area contributed by atoms with E-state index in [0.29, 0.717) is 11.3 Å². The van der Waals surface area contributed by atoms with Crippen LogP contribution in [0.1, 0.15) is 61.8 Å². The number of thioether (sulfide) groups is 1. The second-order valence-electron chi connectivity index (χ2n) is 8.61. The van der Waals surface area contributed by atoms with Gasteiger partial charge >= 0.3 is 0 Å². The molecule has 0 aliphatic rings. The maximum atomic E-state index is 7.31. The van der Waals surface area contributed by atoms with Gasteiger partial charge < -0.3 is 10.3 Å². The Balaban J connectivity index is 0. The van der Waals surface area contributed by atoms with Crippen molar-refractivity contribution in [3.05, 3.63) is 23.8 Å². The monoisotopic (exact) mass is 384 g/mol. The normalized spacial score (nSPS) is 13.9. The second kappa shape index (κ2) is 12.7. The summed E-state index contributed by atoms with van der Waals surface area (Å²) in [5.41, 5.74) is 1.80. The molecule has 0 fully saturated rings. The summed E-state index contributed by atoms with van der Waals surface area (Å²) in [6.45, 7) is 17.8. The number of rotatable bonds is 5. The fourth-order valence-corrected chi connectivity index (χ4v) is 3.22. The Kier molecular flexibility index (Phi) is 13.5. The Morgan fingerprint density at radius 2 is 1.68 bits per heavy atom. The largest absolute Gasteiger partial charge is 0.364 e. The molecule has 0 amide bonds. The predicted molar refractivity (Wildman–Crippen MR) is 123 cm³/mol. The van der Waals surface area contributed by atoms with E-state index in [4.69, 9.17) is 17.6 Å². The molecule has 0 heterocycles. The van der Waals surface area contributed by atoms with Crippen LogP contribution in [0.2, 0.25) is 0 Å². The van der Waals surface area contributed by atoms with E-state index < -0.39 is 0 Å². The van der Waals surface area contributed by atoms with Gasteiger partial charge in [0.2, 0.25) is 0 Å². The van der Waals surface area contributed by atoms with Gasteiger partial charge in [0.1, 0.15) is 4.32 Å². The highest BCUT2D eigenvalue weighted by Crippen LogP contribution is 2.40. The Morgan fingerprint density at radius 3 is 1.92 bits per heavy atom. The molecule has 0 saturated carbocycles. The van der Waals surface area contributed by atoms with Gasteiger partial charge in [-0.3, -0.25) is 0 Å². The number of nitrogens with one attached hydrogen (secondary N) is 1. The summed E-state index contributed by atoms with van der Waals surface area (Å²) in [5.74, 6) is 1.55. The minimum atomic E-state index is 0.224. The van der Waals surface area contributed by atoms with Crippen molar-refractivity contribution in [1.82, 2.24) is 4.90 Å². The molecule has 4 heteroatoms. The van der Waals surface area contributed by atoms with Crippen LogP contribution in [0.15, 0.2) is 23.8 Å². The topological polar surface area (TPSA) is 27.1 Å². The van der Waals surface area contributed by atoms with E-state index in [1.165, 1.54) is 11.8 Å². The van der Waals surface area contributed by atoms with Crippen LogP contribution in [-0.2, 0) is 0 Å². The van der Waals surface area contributed by atoms with E-state index in [9.17, 15) is 0 Å². The van der Waals surface area contributed by atoms with Crippen LogP contribution in [0.4, 0.5) is 0 Å². The summed E-state index contributed by atoms with van der Waals surface area (Å²) in [5, 5.41) is 7.31. The van der Waals surface area contributed by atoms with Gasteiger partial charge in [-0.1, -0.05) is 84.6 Å². The van der Waals surface area contributed by atoms with Gasteiger partial charge in [-0.15, -0.1) is 0 Å². The summed E-state index contributed by atoms with van der Waals surface area (Å²) in [6, 6.07) is 0. The Morgan fingerprint density at radius 1 is 1.16 bits per heavy atom. The van der Waals surface area contributed by atoms with Crippen LogP contribution in [0.3, 0.4) is 0 Å². The van der Waals surface area contributed by atoms with Gasteiger partial charge in [0.25, 0.3) is 0 Å². The van der Waals surface area contributed by atoms with Crippen molar-refractivity contribution in [2.75, 3.05) is 19.8 Å². The first-order chi connectivity index (χ1) is 11.3. The fourth-order valence-electron chi connectivity index (χ4n) is 2.37. The first kappa shape index (κ1) is 26.6. The molecule has 1 atom stereocenters. The highest BCUT2D eigenvalue weighted by molar-refractivity contribution is 8.22. The minimum Gasteiger partial charge on any atom is -0.364 e. The molecule has 25 heavy (non-hydrogen) atoms. The second-order valence-corrected chi connectivity index (χ2v) is 10.5. The smallest absolute Gasteiger partial charge is 0.135 e. The number of thiocarbonyl (C=S) groups is 1. The van der Waals surface area contributed by atoms with Gasteiger partial charge in [0.15, 0.2) is 0 Å². The number of allylic oxidation sites excluding steroid dienone is 4. The first-order valence-electron chi connectivity index (χ1n) is 8.97. The molecule has 0 aromatic rings. The number of hydrogen-bond donors (Lipinski definition) is 1. The third kappa shape index (κ3) is 14.3. The van der Waals surface area contributed by atoms with Crippen LogP contribution >= 0.6 is 24.0 Å².